The van der Waals surface area contributed by atoms with Crippen molar-refractivity contribution in [2.24, 2.45) is 0 Å². The molecule has 0 spiro atoms. The summed E-state index contributed by atoms with van der Waals surface area (Å²) in [7, 11) is 0. The molecule has 28 heavy (non-hydrogen) atoms. The molecule has 1 aliphatic rings. The molecular weight excluding hydrogens is 430 g/mol. The fourth-order valence-corrected chi connectivity index (χ4v) is 4.02. The number of anilines is 1. The molecule has 9 heteroatoms. The number of rotatable bonds is 3. The first kappa shape index (κ1) is 17.3. The van der Waals surface area contributed by atoms with Crippen molar-refractivity contribution >= 4 is 27.4 Å². The predicted octanol–water partition coefficient (Wildman–Crippen LogP) is 4.30. The molecule has 5 rings (SSSR count). The van der Waals surface area contributed by atoms with Gasteiger partial charge in [0.1, 0.15) is 23.1 Å². The average Bonchev–Trinajstić information content (AvgIpc) is 3.42. The van der Waals surface area contributed by atoms with Crippen molar-refractivity contribution in [2.45, 2.75) is 18.9 Å². The van der Waals surface area contributed by atoms with Crippen LogP contribution in [0, 0.1) is 11.6 Å². The van der Waals surface area contributed by atoms with Crippen LogP contribution in [0.25, 0.3) is 11.3 Å². The van der Waals surface area contributed by atoms with E-state index in [1.807, 2.05) is 23.4 Å². The molecule has 0 N–H and O–H groups in total. The Hall–Kier alpha value is -2.81. The van der Waals surface area contributed by atoms with Crippen LogP contribution in [0.2, 0.25) is 0 Å². The van der Waals surface area contributed by atoms with Crippen LogP contribution in [0.3, 0.4) is 0 Å². The van der Waals surface area contributed by atoms with Crippen LogP contribution in [0.1, 0.15) is 24.4 Å². The lowest BCUT2D eigenvalue weighted by Gasteiger charge is -2.26. The Morgan fingerprint density at radius 2 is 2.00 bits per heavy atom. The zero-order valence-corrected chi connectivity index (χ0v) is 16.2. The number of hydrogen-bond acceptors (Lipinski definition) is 4. The topological polar surface area (TPSA) is 51.2 Å². The van der Waals surface area contributed by atoms with Crippen molar-refractivity contribution in [3.8, 4) is 5.69 Å². The van der Waals surface area contributed by atoms with Gasteiger partial charge in [-0.2, -0.15) is 10.2 Å². The summed E-state index contributed by atoms with van der Waals surface area (Å²) in [6, 6.07) is 5.20. The van der Waals surface area contributed by atoms with Crippen LogP contribution in [-0.4, -0.2) is 30.9 Å². The third kappa shape index (κ3) is 2.86. The Morgan fingerprint density at radius 3 is 2.82 bits per heavy atom. The lowest BCUT2D eigenvalue weighted by atomic mass is 10.0. The molecule has 1 atom stereocenters. The zero-order valence-electron chi connectivity index (χ0n) is 14.6. The highest BCUT2D eigenvalue weighted by atomic mass is 79.9. The van der Waals surface area contributed by atoms with Gasteiger partial charge in [-0.05, 0) is 53.0 Å². The Morgan fingerprint density at radius 1 is 1.11 bits per heavy atom. The molecule has 0 aliphatic carbocycles. The van der Waals surface area contributed by atoms with E-state index in [2.05, 4.69) is 26.1 Å². The van der Waals surface area contributed by atoms with Gasteiger partial charge in [0.05, 0.1) is 22.9 Å². The zero-order chi connectivity index (χ0) is 19.3. The normalized spacial score (nSPS) is 17.0. The first-order valence-electron chi connectivity index (χ1n) is 8.87. The summed E-state index contributed by atoms with van der Waals surface area (Å²) in [5.74, 6) is -0.133. The molecule has 4 heterocycles. The fourth-order valence-electron chi connectivity index (χ4n) is 3.74. The lowest BCUT2D eigenvalue weighted by molar-refractivity contribution is 0.560. The summed E-state index contributed by atoms with van der Waals surface area (Å²) in [6.45, 7) is 0.723. The molecule has 142 valence electrons. The third-order valence-corrected chi connectivity index (χ3v) is 5.41. The van der Waals surface area contributed by atoms with E-state index in [0.29, 0.717) is 17.0 Å². The monoisotopic (exact) mass is 444 g/mol. The van der Waals surface area contributed by atoms with E-state index >= 15 is 0 Å². The highest BCUT2D eigenvalue weighted by Crippen LogP contribution is 2.37. The van der Waals surface area contributed by atoms with E-state index in [1.165, 1.54) is 12.1 Å². The maximum Gasteiger partial charge on any atom is 0.183 e. The lowest BCUT2D eigenvalue weighted by Crippen LogP contribution is -2.24. The molecule has 0 unspecified atom stereocenters. The summed E-state index contributed by atoms with van der Waals surface area (Å²) in [4.78, 5) is 6.79. The molecule has 1 saturated heterocycles. The van der Waals surface area contributed by atoms with Crippen molar-refractivity contribution in [3.63, 3.8) is 0 Å². The standard InChI is InChI=1S/C19H15BrF2N6/c20-12-9-23-28(11-12)17-10-24-27-7-5-18(25-19(17)27)26-6-1-2-16(26)14-8-13(21)3-4-15(14)22/h3-5,7-11,16H,1-2,6H2/t16-/m1/s1. The van der Waals surface area contributed by atoms with Crippen molar-refractivity contribution in [1.29, 1.82) is 0 Å². The second kappa shape index (κ2) is 6.66. The Bertz CT molecular complexity index is 1170. The van der Waals surface area contributed by atoms with Crippen LogP contribution in [0.5, 0.6) is 0 Å². The van der Waals surface area contributed by atoms with E-state index in [-0.39, 0.29) is 6.04 Å². The van der Waals surface area contributed by atoms with Gasteiger partial charge in [0.15, 0.2) is 5.65 Å². The third-order valence-electron chi connectivity index (χ3n) is 5.00. The van der Waals surface area contributed by atoms with E-state index < -0.39 is 11.6 Å². The number of fused-ring (bicyclic) bond motifs is 1. The minimum atomic E-state index is -0.436. The number of halogens is 3. The summed E-state index contributed by atoms with van der Waals surface area (Å²) in [5.41, 5.74) is 1.74. The van der Waals surface area contributed by atoms with Crippen molar-refractivity contribution < 1.29 is 8.78 Å². The van der Waals surface area contributed by atoms with Crippen LogP contribution in [-0.2, 0) is 0 Å². The summed E-state index contributed by atoms with van der Waals surface area (Å²) >= 11 is 3.39. The molecule has 0 amide bonds. The second-order valence-corrected chi connectivity index (χ2v) is 7.62. The van der Waals surface area contributed by atoms with Gasteiger partial charge in [-0.15, -0.1) is 0 Å². The minimum Gasteiger partial charge on any atom is -0.349 e. The maximum absolute atomic E-state index is 14.4. The van der Waals surface area contributed by atoms with Gasteiger partial charge >= 0.3 is 0 Å². The van der Waals surface area contributed by atoms with Gasteiger partial charge in [-0.3, -0.25) is 0 Å². The molecular formula is C19H15BrF2N6. The van der Waals surface area contributed by atoms with E-state index in [1.54, 1.807) is 21.6 Å². The average molecular weight is 445 g/mol. The van der Waals surface area contributed by atoms with Crippen LogP contribution < -0.4 is 4.90 Å². The number of nitrogens with zero attached hydrogens (tertiary/aromatic N) is 6. The Kier molecular flexibility index (Phi) is 4.12. The SMILES string of the molecule is Fc1ccc(F)c([C@H]2CCCN2c2ccn3ncc(-n4cc(Br)cn4)c3n2)c1. The van der Waals surface area contributed by atoms with E-state index in [0.717, 1.165) is 35.6 Å². The molecule has 4 aromatic rings. The van der Waals surface area contributed by atoms with Crippen LogP contribution in [0.15, 0.2) is 53.5 Å². The quantitative estimate of drug-likeness (QED) is 0.472. The molecule has 0 saturated carbocycles. The number of benzene rings is 1. The van der Waals surface area contributed by atoms with Gasteiger partial charge < -0.3 is 4.90 Å². The van der Waals surface area contributed by atoms with E-state index in [4.69, 9.17) is 4.98 Å². The van der Waals surface area contributed by atoms with Gasteiger partial charge in [-0.1, -0.05) is 0 Å². The summed E-state index contributed by atoms with van der Waals surface area (Å²) in [5, 5.41) is 8.62. The van der Waals surface area contributed by atoms with Gasteiger partial charge in [0.2, 0.25) is 0 Å². The molecule has 1 aliphatic heterocycles. The van der Waals surface area contributed by atoms with Crippen molar-refractivity contribution in [1.82, 2.24) is 24.4 Å². The first-order valence-corrected chi connectivity index (χ1v) is 9.66. The van der Waals surface area contributed by atoms with Gasteiger partial charge in [0.25, 0.3) is 0 Å². The molecule has 1 fully saturated rings. The molecule has 6 nitrogen and oxygen atoms in total. The van der Waals surface area contributed by atoms with Crippen LogP contribution in [0.4, 0.5) is 14.6 Å². The predicted molar refractivity (Wildman–Crippen MR) is 103 cm³/mol. The largest absolute Gasteiger partial charge is 0.349 e. The Balaban J connectivity index is 1.57. The summed E-state index contributed by atoms with van der Waals surface area (Å²) < 4.78 is 32.3. The van der Waals surface area contributed by atoms with Crippen molar-refractivity contribution in [2.75, 3.05) is 11.4 Å². The maximum atomic E-state index is 14.4. The summed E-state index contributed by atoms with van der Waals surface area (Å²) in [6.07, 6.45) is 8.65. The molecule has 1 aromatic carbocycles. The van der Waals surface area contributed by atoms with Crippen LogP contribution >= 0.6 is 15.9 Å². The first-order chi connectivity index (χ1) is 13.6. The van der Waals surface area contributed by atoms with Gasteiger partial charge in [0, 0.05) is 24.5 Å². The highest BCUT2D eigenvalue weighted by Gasteiger charge is 2.30. The highest BCUT2D eigenvalue weighted by molar-refractivity contribution is 9.10. The van der Waals surface area contributed by atoms with Crippen molar-refractivity contribution in [3.05, 3.63) is 70.7 Å². The minimum absolute atomic E-state index is 0.254. The molecule has 3 aromatic heterocycles. The number of hydrogen-bond donors (Lipinski definition) is 0. The van der Waals surface area contributed by atoms with Gasteiger partial charge in [-0.25, -0.2) is 23.0 Å². The number of aromatic nitrogens is 5. The molecule has 0 bridgehead atoms. The smallest absolute Gasteiger partial charge is 0.183 e. The second-order valence-electron chi connectivity index (χ2n) is 6.70. The fraction of sp³-hybridized carbons (Fsp3) is 0.211. The molecule has 0 radical (unpaired) electrons. The van der Waals surface area contributed by atoms with E-state index in [9.17, 15) is 8.78 Å². The Labute approximate surface area is 167 Å².